The third-order valence-electron chi connectivity index (χ3n) is 3.27. The van der Waals surface area contributed by atoms with Crippen molar-refractivity contribution >= 4 is 17.6 Å². The average molecular weight is 300 g/mol. The number of hydrogen-bond donors (Lipinski definition) is 1. The van der Waals surface area contributed by atoms with Gasteiger partial charge in [0.15, 0.2) is 0 Å². The summed E-state index contributed by atoms with van der Waals surface area (Å²) in [6, 6.07) is 4.44. The van der Waals surface area contributed by atoms with Crippen LogP contribution in [0, 0.1) is 0 Å². The number of rotatable bonds is 5. The molecule has 1 saturated heterocycles. The summed E-state index contributed by atoms with van der Waals surface area (Å²) in [7, 11) is 0. The van der Waals surface area contributed by atoms with E-state index in [2.05, 4.69) is 11.8 Å². The summed E-state index contributed by atoms with van der Waals surface area (Å²) in [4.78, 5) is 13.1. The van der Waals surface area contributed by atoms with Gasteiger partial charge >= 0.3 is 5.97 Å². The Morgan fingerprint density at radius 2 is 2.40 bits per heavy atom. The molecular weight excluding hydrogens is 282 g/mol. The molecule has 0 amide bonds. The van der Waals surface area contributed by atoms with Crippen LogP contribution in [0.5, 0.6) is 5.75 Å². The summed E-state index contributed by atoms with van der Waals surface area (Å²) in [6.45, 7) is 6.00. The number of carbonyl (C=O) groups is 1. The zero-order valence-electron chi connectivity index (χ0n) is 11.3. The van der Waals surface area contributed by atoms with Crippen LogP contribution in [-0.4, -0.2) is 54.9 Å². The van der Waals surface area contributed by atoms with Crippen molar-refractivity contribution in [3.8, 4) is 5.75 Å². The normalized spacial score (nSPS) is 19.8. The number of likely N-dealkylation sites (N-methyl/N-ethyl adjacent to an activating group) is 1. The fourth-order valence-electron chi connectivity index (χ4n) is 2.10. The van der Waals surface area contributed by atoms with E-state index < -0.39 is 5.97 Å². The van der Waals surface area contributed by atoms with Crippen molar-refractivity contribution in [1.82, 2.24) is 4.90 Å². The lowest BCUT2D eigenvalue weighted by Gasteiger charge is -2.31. The molecule has 110 valence electrons. The van der Waals surface area contributed by atoms with E-state index in [1.165, 1.54) is 12.1 Å². The summed E-state index contributed by atoms with van der Waals surface area (Å²) < 4.78 is 11.3. The second-order valence-electron chi connectivity index (χ2n) is 4.65. The molecule has 5 nitrogen and oxygen atoms in total. The number of benzene rings is 1. The summed E-state index contributed by atoms with van der Waals surface area (Å²) in [5.41, 5.74) is 0.147. The molecule has 1 aliphatic rings. The van der Waals surface area contributed by atoms with Crippen molar-refractivity contribution in [2.75, 3.05) is 32.8 Å². The van der Waals surface area contributed by atoms with Crippen LogP contribution < -0.4 is 4.74 Å². The molecule has 1 aromatic carbocycles. The Labute approximate surface area is 123 Å². The number of halogens is 1. The van der Waals surface area contributed by atoms with E-state index in [4.69, 9.17) is 26.2 Å². The van der Waals surface area contributed by atoms with Gasteiger partial charge in [-0.2, -0.15) is 0 Å². The lowest BCUT2D eigenvalue weighted by atomic mass is 10.2. The molecular formula is C14H18ClNO4. The number of aromatic carboxylic acids is 1. The molecule has 0 spiro atoms. The van der Waals surface area contributed by atoms with E-state index in [9.17, 15) is 4.79 Å². The number of nitrogens with zero attached hydrogens (tertiary/aromatic N) is 1. The fourth-order valence-corrected chi connectivity index (χ4v) is 2.34. The van der Waals surface area contributed by atoms with Crippen LogP contribution >= 0.6 is 11.6 Å². The molecule has 20 heavy (non-hydrogen) atoms. The van der Waals surface area contributed by atoms with Crippen LogP contribution in [-0.2, 0) is 4.74 Å². The minimum absolute atomic E-state index is 0.0129. The maximum absolute atomic E-state index is 10.8. The van der Waals surface area contributed by atoms with Crippen LogP contribution in [0.4, 0.5) is 0 Å². The Balaban J connectivity index is 1.92. The highest BCUT2D eigenvalue weighted by Gasteiger charge is 2.20. The summed E-state index contributed by atoms with van der Waals surface area (Å²) >= 11 is 6.01. The first-order valence-corrected chi connectivity index (χ1v) is 6.97. The number of morpholine rings is 1. The van der Waals surface area contributed by atoms with Gasteiger partial charge in [-0.15, -0.1) is 0 Å². The van der Waals surface area contributed by atoms with E-state index in [0.717, 1.165) is 19.6 Å². The summed E-state index contributed by atoms with van der Waals surface area (Å²) in [5.74, 6) is -0.526. The maximum atomic E-state index is 10.8. The van der Waals surface area contributed by atoms with Crippen molar-refractivity contribution in [2.24, 2.45) is 0 Å². The maximum Gasteiger partial charge on any atom is 0.335 e. The van der Waals surface area contributed by atoms with E-state index in [0.29, 0.717) is 24.0 Å². The van der Waals surface area contributed by atoms with Gasteiger partial charge in [0.25, 0.3) is 0 Å². The highest BCUT2D eigenvalue weighted by Crippen LogP contribution is 2.26. The molecule has 1 N–H and O–H groups in total. The SMILES string of the molecule is CCN1CCOC(COc2ccc(C(=O)O)cc2Cl)C1. The number of carboxylic acids is 1. The van der Waals surface area contributed by atoms with Crippen LogP contribution in [0.2, 0.25) is 5.02 Å². The van der Waals surface area contributed by atoms with E-state index in [-0.39, 0.29) is 11.7 Å². The molecule has 0 aromatic heterocycles. The van der Waals surface area contributed by atoms with Gasteiger partial charge in [-0.05, 0) is 24.7 Å². The van der Waals surface area contributed by atoms with E-state index in [1.807, 2.05) is 0 Å². The second kappa shape index (κ2) is 6.92. The van der Waals surface area contributed by atoms with Crippen molar-refractivity contribution < 1.29 is 19.4 Å². The Morgan fingerprint density at radius 1 is 1.60 bits per heavy atom. The molecule has 0 aliphatic carbocycles. The lowest BCUT2D eigenvalue weighted by molar-refractivity contribution is -0.0463. The Hall–Kier alpha value is -1.30. The molecule has 6 heteroatoms. The lowest BCUT2D eigenvalue weighted by Crippen LogP contribution is -2.44. The van der Waals surface area contributed by atoms with Gasteiger partial charge in [0.2, 0.25) is 0 Å². The Kier molecular flexibility index (Phi) is 5.23. The van der Waals surface area contributed by atoms with Crippen LogP contribution in [0.1, 0.15) is 17.3 Å². The first kappa shape index (κ1) is 15.1. The van der Waals surface area contributed by atoms with Gasteiger partial charge in [0, 0.05) is 13.1 Å². The minimum Gasteiger partial charge on any atom is -0.489 e. The van der Waals surface area contributed by atoms with E-state index >= 15 is 0 Å². The van der Waals surface area contributed by atoms with Crippen LogP contribution in [0.15, 0.2) is 18.2 Å². The predicted molar refractivity (Wildman–Crippen MR) is 75.8 cm³/mol. The molecule has 1 atom stereocenters. The van der Waals surface area contributed by atoms with Gasteiger partial charge < -0.3 is 14.6 Å². The minimum atomic E-state index is -1.01. The number of ether oxygens (including phenoxy) is 2. The van der Waals surface area contributed by atoms with Gasteiger partial charge in [-0.3, -0.25) is 4.90 Å². The van der Waals surface area contributed by atoms with E-state index in [1.54, 1.807) is 6.07 Å². The fraction of sp³-hybridized carbons (Fsp3) is 0.500. The zero-order valence-corrected chi connectivity index (χ0v) is 12.1. The molecule has 1 heterocycles. The Morgan fingerprint density at radius 3 is 3.05 bits per heavy atom. The van der Waals surface area contributed by atoms with Gasteiger partial charge in [0.1, 0.15) is 18.5 Å². The van der Waals surface area contributed by atoms with Crippen molar-refractivity contribution in [3.05, 3.63) is 28.8 Å². The monoisotopic (exact) mass is 299 g/mol. The topological polar surface area (TPSA) is 59.0 Å². The van der Waals surface area contributed by atoms with Gasteiger partial charge in [-0.25, -0.2) is 4.79 Å². The summed E-state index contributed by atoms with van der Waals surface area (Å²) in [6.07, 6.45) is 0.0129. The highest BCUT2D eigenvalue weighted by atomic mass is 35.5. The number of hydrogen-bond acceptors (Lipinski definition) is 4. The van der Waals surface area contributed by atoms with Gasteiger partial charge in [-0.1, -0.05) is 18.5 Å². The standard InChI is InChI=1S/C14H18ClNO4/c1-2-16-5-6-19-11(8-16)9-20-13-4-3-10(14(17)18)7-12(13)15/h3-4,7,11H,2,5-6,8-9H2,1H3,(H,17,18). The first-order valence-electron chi connectivity index (χ1n) is 6.59. The smallest absolute Gasteiger partial charge is 0.335 e. The average Bonchev–Trinajstić information content (AvgIpc) is 2.46. The van der Waals surface area contributed by atoms with Crippen LogP contribution in [0.3, 0.4) is 0 Å². The largest absolute Gasteiger partial charge is 0.489 e. The molecule has 0 saturated carbocycles. The highest BCUT2D eigenvalue weighted by molar-refractivity contribution is 6.32. The molecule has 0 radical (unpaired) electrons. The van der Waals surface area contributed by atoms with Crippen molar-refractivity contribution in [3.63, 3.8) is 0 Å². The van der Waals surface area contributed by atoms with Crippen molar-refractivity contribution in [2.45, 2.75) is 13.0 Å². The first-order chi connectivity index (χ1) is 9.60. The Bertz CT molecular complexity index is 480. The predicted octanol–water partition coefficient (Wildman–Crippen LogP) is 2.14. The van der Waals surface area contributed by atoms with Crippen LogP contribution in [0.25, 0.3) is 0 Å². The molecule has 2 rings (SSSR count). The second-order valence-corrected chi connectivity index (χ2v) is 5.05. The molecule has 0 bridgehead atoms. The third kappa shape index (κ3) is 3.85. The summed E-state index contributed by atoms with van der Waals surface area (Å²) in [5, 5.41) is 9.16. The molecule has 1 aromatic rings. The third-order valence-corrected chi connectivity index (χ3v) is 3.57. The quantitative estimate of drug-likeness (QED) is 0.902. The van der Waals surface area contributed by atoms with Crippen molar-refractivity contribution in [1.29, 1.82) is 0 Å². The molecule has 1 unspecified atom stereocenters. The van der Waals surface area contributed by atoms with Gasteiger partial charge in [0.05, 0.1) is 17.2 Å². The number of carboxylic acid groups (broad SMARTS) is 1. The molecule has 1 aliphatic heterocycles. The zero-order chi connectivity index (χ0) is 14.5. The molecule has 1 fully saturated rings.